The third-order valence-electron chi connectivity index (χ3n) is 16.4. The fraction of sp³-hybridized carbons (Fsp3) is 0.0526. The zero-order valence-corrected chi connectivity index (χ0v) is 45.2. The van der Waals surface area contributed by atoms with Crippen LogP contribution in [-0.2, 0) is 5.41 Å². The Morgan fingerprint density at radius 1 is 0.337 bits per heavy atom. The Morgan fingerprint density at radius 2 is 0.709 bits per heavy atom. The van der Waals surface area contributed by atoms with Crippen molar-refractivity contribution in [1.29, 1.82) is 0 Å². The molecule has 0 bridgehead atoms. The lowest BCUT2D eigenvalue weighted by Gasteiger charge is -2.34. The highest BCUT2D eigenvalue weighted by molar-refractivity contribution is 6.37. The van der Waals surface area contributed by atoms with Gasteiger partial charge in [-0.1, -0.05) is 128 Å². The van der Waals surface area contributed by atoms with Crippen LogP contribution in [0.4, 0.5) is 11.4 Å². The number of hydrogen-bond donors (Lipinski definition) is 0. The SMILES string of the molecule is C.C#CCOc1ccc2c(N3C(=O)c4ccc(Oc5ccc6cc(C7(c8ccc9cc(Oc%10ccc%11c(c%10)C(=O)N(c%10cccc%12cc(OCC#C)ccc%10%12)C%11=O)ccc9c8)c8ccccc8-c8ccccc87)ccc6c5)cc4C3=O)cccc2c1. The maximum atomic E-state index is 14.1. The maximum absolute atomic E-state index is 14.1. The van der Waals surface area contributed by atoms with E-state index < -0.39 is 29.0 Å². The van der Waals surface area contributed by atoms with Crippen LogP contribution in [0.15, 0.2) is 231 Å². The van der Waals surface area contributed by atoms with Crippen molar-refractivity contribution in [3.8, 4) is 70.3 Å². The van der Waals surface area contributed by atoms with E-state index in [4.69, 9.17) is 31.8 Å². The zero-order valence-electron chi connectivity index (χ0n) is 45.2. The molecule has 12 aromatic rings. The molecule has 2 aliphatic heterocycles. The number of fused-ring (bicyclic) bond motifs is 9. The molecule has 0 N–H and O–H groups in total. The first-order chi connectivity index (χ1) is 41.7. The van der Waals surface area contributed by atoms with Gasteiger partial charge in [-0.15, -0.1) is 12.8 Å². The Balaban J connectivity index is 0.00000653. The van der Waals surface area contributed by atoms with Gasteiger partial charge in [-0.3, -0.25) is 19.2 Å². The number of hydrogen-bond acceptors (Lipinski definition) is 8. The molecule has 0 fully saturated rings. The topological polar surface area (TPSA) is 112 Å². The molecule has 0 unspecified atom stereocenters. The van der Waals surface area contributed by atoms with E-state index in [-0.39, 0.29) is 31.8 Å². The first-order valence-electron chi connectivity index (χ1n) is 27.5. The molecule has 0 atom stereocenters. The standard InChI is InChI=1S/C75H44N2O8.CH4/c1-3-35-82-53-27-31-59-49(41-53)11-9-17-69(59)76-71(78)63-33-29-57(43-65(63)73(76)80)84-55-25-21-45-37-51(23-19-47(45)39-55)75(67-15-7-5-13-61(67)62-14-6-8-16-68(62)75)52-24-20-48-40-56(26-22-46(48)38-52)85-58-30-34-64-66(44-58)74(81)77(72(64)79)70-18-10-12-50-42-54(83-36-4-2)28-32-60(50)70;/h1-2,5-34,37-44H,35-36H2;1H4. The average Bonchev–Trinajstić information content (AvgIpc) is 1.56. The highest BCUT2D eigenvalue weighted by Gasteiger charge is 2.46. The third kappa shape index (κ3) is 8.31. The van der Waals surface area contributed by atoms with E-state index in [1.54, 1.807) is 72.8 Å². The second-order valence-electron chi connectivity index (χ2n) is 21.1. The van der Waals surface area contributed by atoms with E-state index in [2.05, 4.69) is 109 Å². The summed E-state index contributed by atoms with van der Waals surface area (Å²) in [5.41, 5.74) is 8.18. The molecule has 410 valence electrons. The summed E-state index contributed by atoms with van der Waals surface area (Å²) in [5.74, 6) is 6.41. The third-order valence-corrected chi connectivity index (χ3v) is 16.4. The molecule has 10 heteroatoms. The van der Waals surface area contributed by atoms with Crippen molar-refractivity contribution in [2.45, 2.75) is 12.8 Å². The van der Waals surface area contributed by atoms with Crippen LogP contribution in [0.25, 0.3) is 54.2 Å². The molecule has 86 heavy (non-hydrogen) atoms. The van der Waals surface area contributed by atoms with Crippen LogP contribution in [0.5, 0.6) is 34.5 Å². The second kappa shape index (κ2) is 20.6. The number of benzene rings is 12. The molecule has 4 amide bonds. The van der Waals surface area contributed by atoms with E-state index in [1.807, 2.05) is 60.7 Å². The molecule has 2 heterocycles. The summed E-state index contributed by atoms with van der Waals surface area (Å²) < 4.78 is 24.2. The molecule has 12 aromatic carbocycles. The number of nitrogens with zero attached hydrogens (tertiary/aromatic N) is 2. The number of amides is 4. The number of ether oxygens (including phenoxy) is 4. The van der Waals surface area contributed by atoms with Crippen LogP contribution < -0.4 is 28.7 Å². The minimum absolute atomic E-state index is 0. The molecule has 0 aromatic heterocycles. The van der Waals surface area contributed by atoms with Gasteiger partial charge in [-0.25, -0.2) is 9.80 Å². The van der Waals surface area contributed by atoms with Gasteiger partial charge in [0.25, 0.3) is 23.6 Å². The molecule has 0 spiro atoms. The number of anilines is 2. The lowest BCUT2D eigenvalue weighted by atomic mass is 9.67. The molecular formula is C76H48N2O8. The van der Waals surface area contributed by atoms with Crippen molar-refractivity contribution >= 4 is 78.1 Å². The number of carbonyl (C=O) groups is 4. The minimum Gasteiger partial charge on any atom is -0.481 e. The molecule has 15 rings (SSSR count). The van der Waals surface area contributed by atoms with Gasteiger partial charge in [-0.05, 0) is 187 Å². The van der Waals surface area contributed by atoms with Crippen molar-refractivity contribution in [1.82, 2.24) is 0 Å². The van der Waals surface area contributed by atoms with Crippen LogP contribution in [0.1, 0.15) is 71.1 Å². The van der Waals surface area contributed by atoms with Gasteiger partial charge in [0.1, 0.15) is 47.7 Å². The van der Waals surface area contributed by atoms with Gasteiger partial charge in [0.15, 0.2) is 0 Å². The first kappa shape index (κ1) is 52.4. The number of imide groups is 2. The van der Waals surface area contributed by atoms with Crippen molar-refractivity contribution in [3.63, 3.8) is 0 Å². The monoisotopic (exact) mass is 1120 g/mol. The Labute approximate surface area is 495 Å². The highest BCUT2D eigenvalue weighted by Crippen LogP contribution is 2.57. The van der Waals surface area contributed by atoms with Crippen molar-refractivity contribution in [2.75, 3.05) is 23.0 Å². The van der Waals surface area contributed by atoms with Crippen LogP contribution in [-0.4, -0.2) is 36.8 Å². The molecular weight excluding hydrogens is 1070 g/mol. The summed E-state index contributed by atoms with van der Waals surface area (Å²) in [6.07, 6.45) is 10.8. The predicted octanol–water partition coefficient (Wildman–Crippen LogP) is 16.5. The van der Waals surface area contributed by atoms with E-state index in [0.717, 1.165) is 65.3 Å². The summed E-state index contributed by atoms with van der Waals surface area (Å²) >= 11 is 0. The lowest BCUT2D eigenvalue weighted by Crippen LogP contribution is -2.29. The van der Waals surface area contributed by atoms with Gasteiger partial charge in [0, 0.05) is 10.8 Å². The Morgan fingerprint density at radius 3 is 1.16 bits per heavy atom. The molecule has 1 aliphatic carbocycles. The lowest BCUT2D eigenvalue weighted by molar-refractivity contribution is 0.0910. The van der Waals surface area contributed by atoms with Gasteiger partial charge < -0.3 is 18.9 Å². The van der Waals surface area contributed by atoms with Crippen LogP contribution in [0.3, 0.4) is 0 Å². The molecule has 10 nitrogen and oxygen atoms in total. The number of rotatable bonds is 12. The molecule has 0 saturated heterocycles. The summed E-state index contributed by atoms with van der Waals surface area (Å²) in [4.78, 5) is 58.4. The Kier molecular flexibility index (Phi) is 12.6. The van der Waals surface area contributed by atoms with E-state index in [0.29, 0.717) is 57.0 Å². The van der Waals surface area contributed by atoms with Gasteiger partial charge in [-0.2, -0.15) is 0 Å². The second-order valence-corrected chi connectivity index (χ2v) is 21.1. The molecule has 0 radical (unpaired) electrons. The molecule has 3 aliphatic rings. The minimum atomic E-state index is -0.707. The highest BCUT2D eigenvalue weighted by atomic mass is 16.5. The largest absolute Gasteiger partial charge is 0.481 e. The van der Waals surface area contributed by atoms with Crippen LogP contribution in [0, 0.1) is 24.7 Å². The van der Waals surface area contributed by atoms with E-state index in [9.17, 15) is 19.2 Å². The fourth-order valence-electron chi connectivity index (χ4n) is 12.7. The summed E-state index contributed by atoms with van der Waals surface area (Å²) in [6, 6.07) is 74.1. The summed E-state index contributed by atoms with van der Waals surface area (Å²) in [6.45, 7) is 0.246. The van der Waals surface area contributed by atoms with E-state index in [1.165, 1.54) is 20.9 Å². The average molecular weight is 1120 g/mol. The van der Waals surface area contributed by atoms with Crippen LogP contribution >= 0.6 is 0 Å². The Bertz CT molecular complexity index is 4690. The normalized spacial score (nSPS) is 13.5. The Hall–Kier alpha value is -11.7. The quantitative estimate of drug-likeness (QED) is 0.0878. The number of terminal acetylenes is 2. The van der Waals surface area contributed by atoms with E-state index >= 15 is 0 Å². The van der Waals surface area contributed by atoms with Crippen molar-refractivity contribution in [2.24, 2.45) is 0 Å². The first-order valence-corrected chi connectivity index (χ1v) is 27.5. The predicted molar refractivity (Wildman–Crippen MR) is 337 cm³/mol. The van der Waals surface area contributed by atoms with Gasteiger partial charge in [0.05, 0.1) is 39.0 Å². The summed E-state index contributed by atoms with van der Waals surface area (Å²) in [7, 11) is 0. The fourth-order valence-corrected chi connectivity index (χ4v) is 12.7. The van der Waals surface area contributed by atoms with Crippen molar-refractivity contribution in [3.05, 3.63) is 275 Å². The van der Waals surface area contributed by atoms with Gasteiger partial charge in [0.2, 0.25) is 0 Å². The maximum Gasteiger partial charge on any atom is 0.266 e. The van der Waals surface area contributed by atoms with Crippen molar-refractivity contribution < 1.29 is 38.1 Å². The van der Waals surface area contributed by atoms with Crippen LogP contribution in [0.2, 0.25) is 0 Å². The molecule has 0 saturated carbocycles. The summed E-state index contributed by atoms with van der Waals surface area (Å²) in [5, 5.41) is 6.95. The zero-order chi connectivity index (χ0) is 57.5. The number of carbonyl (C=O) groups excluding carboxylic acids is 4. The van der Waals surface area contributed by atoms with Gasteiger partial charge >= 0.3 is 0 Å². The smallest absolute Gasteiger partial charge is 0.266 e.